The number of nitrogens with zero attached hydrogens (tertiary/aromatic N) is 1. The van der Waals surface area contributed by atoms with Crippen LogP contribution in [0, 0.1) is 0 Å². The van der Waals surface area contributed by atoms with Crippen molar-refractivity contribution in [3.63, 3.8) is 0 Å². The highest BCUT2D eigenvalue weighted by Gasteiger charge is 2.28. The van der Waals surface area contributed by atoms with Crippen molar-refractivity contribution < 1.29 is 27.5 Å². The smallest absolute Gasteiger partial charge is 0.338 e. The second kappa shape index (κ2) is 12.2. The van der Waals surface area contributed by atoms with Gasteiger partial charge in [-0.05, 0) is 53.9 Å². The third-order valence-corrected chi connectivity index (χ3v) is 8.65. The lowest BCUT2D eigenvalue weighted by Crippen LogP contribution is -2.36. The van der Waals surface area contributed by atoms with Crippen molar-refractivity contribution in [3.05, 3.63) is 95.6 Å². The largest absolute Gasteiger partial charge is 0.452 e. The number of carbonyl (C=O) groups is 3. The van der Waals surface area contributed by atoms with Crippen LogP contribution in [0.1, 0.15) is 27.9 Å². The Morgan fingerprint density at radius 1 is 0.865 bits per heavy atom. The SMILES string of the molecule is O=C(CCSc1ccccc1)NC(=O)COC(=O)c1ccc(S(=O)(=O)N2CCc3ccccc3C2)cc1. The van der Waals surface area contributed by atoms with Gasteiger partial charge < -0.3 is 4.74 Å². The maximum absolute atomic E-state index is 13.1. The van der Waals surface area contributed by atoms with Crippen molar-refractivity contribution in [3.8, 4) is 0 Å². The number of amides is 2. The number of thioether (sulfide) groups is 1. The number of sulfonamides is 1. The van der Waals surface area contributed by atoms with Crippen LogP contribution < -0.4 is 5.32 Å². The summed E-state index contributed by atoms with van der Waals surface area (Å²) in [5.74, 6) is -1.48. The fraction of sp³-hybridized carbons (Fsp3) is 0.222. The summed E-state index contributed by atoms with van der Waals surface area (Å²) >= 11 is 1.50. The van der Waals surface area contributed by atoms with Gasteiger partial charge in [-0.1, -0.05) is 42.5 Å². The number of imide groups is 1. The van der Waals surface area contributed by atoms with Crippen LogP contribution in [0.5, 0.6) is 0 Å². The van der Waals surface area contributed by atoms with Crippen molar-refractivity contribution >= 4 is 39.6 Å². The van der Waals surface area contributed by atoms with E-state index in [-0.39, 0.29) is 16.9 Å². The first-order valence-electron chi connectivity index (χ1n) is 11.7. The molecule has 10 heteroatoms. The summed E-state index contributed by atoms with van der Waals surface area (Å²) in [4.78, 5) is 37.3. The predicted molar refractivity (Wildman–Crippen MR) is 139 cm³/mol. The topological polar surface area (TPSA) is 110 Å². The minimum absolute atomic E-state index is 0.0696. The van der Waals surface area contributed by atoms with Gasteiger partial charge in [0, 0.05) is 30.2 Å². The zero-order valence-corrected chi connectivity index (χ0v) is 21.6. The molecule has 0 aliphatic carbocycles. The Labute approximate surface area is 220 Å². The Morgan fingerprint density at radius 2 is 1.54 bits per heavy atom. The van der Waals surface area contributed by atoms with Crippen LogP contribution in [-0.2, 0) is 37.3 Å². The van der Waals surface area contributed by atoms with Crippen molar-refractivity contribution in [2.24, 2.45) is 0 Å². The molecule has 3 aromatic rings. The Hall–Kier alpha value is -3.47. The van der Waals surface area contributed by atoms with E-state index >= 15 is 0 Å². The molecule has 0 bridgehead atoms. The first-order valence-corrected chi connectivity index (χ1v) is 14.1. The van der Waals surface area contributed by atoms with Crippen LogP contribution in [0.3, 0.4) is 0 Å². The zero-order valence-electron chi connectivity index (χ0n) is 20.0. The molecule has 0 saturated heterocycles. The minimum Gasteiger partial charge on any atom is -0.452 e. The Bertz CT molecular complexity index is 1380. The molecule has 3 aromatic carbocycles. The van der Waals surface area contributed by atoms with Gasteiger partial charge in [0.1, 0.15) is 0 Å². The standard InChI is InChI=1S/C27H26N2O6S2/c30-25(15-17-36-23-8-2-1-3-9-23)28-26(31)19-35-27(32)21-10-12-24(13-11-21)37(33,34)29-16-14-20-6-4-5-7-22(20)18-29/h1-13H,14-19H2,(H,28,30,31). The fourth-order valence-corrected chi connectivity index (χ4v) is 6.13. The van der Waals surface area contributed by atoms with Crippen LogP contribution in [-0.4, -0.2) is 49.4 Å². The van der Waals surface area contributed by atoms with Crippen molar-refractivity contribution in [2.75, 3.05) is 18.9 Å². The number of nitrogens with one attached hydrogen (secondary N) is 1. The zero-order chi connectivity index (χ0) is 26.3. The Morgan fingerprint density at radius 3 is 2.27 bits per heavy atom. The highest BCUT2D eigenvalue weighted by Crippen LogP contribution is 2.25. The highest BCUT2D eigenvalue weighted by atomic mass is 32.2. The molecular weight excluding hydrogens is 512 g/mol. The number of benzene rings is 3. The van der Waals surface area contributed by atoms with E-state index in [0.29, 0.717) is 25.3 Å². The summed E-state index contributed by atoms with van der Waals surface area (Å²) in [6.45, 7) is 0.0482. The van der Waals surface area contributed by atoms with E-state index in [9.17, 15) is 22.8 Å². The van der Waals surface area contributed by atoms with Gasteiger partial charge in [-0.2, -0.15) is 4.31 Å². The normalized spacial score (nSPS) is 13.4. The van der Waals surface area contributed by atoms with E-state index in [1.807, 2.05) is 54.6 Å². The summed E-state index contributed by atoms with van der Waals surface area (Å²) < 4.78 is 32.5. The van der Waals surface area contributed by atoms with E-state index in [4.69, 9.17) is 4.74 Å². The molecule has 0 fully saturated rings. The van der Waals surface area contributed by atoms with Gasteiger partial charge >= 0.3 is 5.97 Å². The Kier molecular flexibility index (Phi) is 8.75. The number of carbonyl (C=O) groups excluding carboxylic acids is 3. The minimum atomic E-state index is -3.73. The van der Waals surface area contributed by atoms with Gasteiger partial charge in [0.25, 0.3) is 5.91 Å². The van der Waals surface area contributed by atoms with Gasteiger partial charge in [-0.3, -0.25) is 14.9 Å². The predicted octanol–water partition coefficient (Wildman–Crippen LogP) is 3.42. The Balaban J connectivity index is 1.24. The van der Waals surface area contributed by atoms with E-state index < -0.39 is 34.4 Å². The lowest BCUT2D eigenvalue weighted by atomic mass is 10.0. The molecule has 8 nitrogen and oxygen atoms in total. The molecule has 1 N–H and O–H groups in total. The van der Waals surface area contributed by atoms with Crippen LogP contribution in [0.25, 0.3) is 0 Å². The molecule has 1 heterocycles. The quantitative estimate of drug-likeness (QED) is 0.328. The first-order chi connectivity index (χ1) is 17.8. The van der Waals surface area contributed by atoms with E-state index in [2.05, 4.69) is 5.32 Å². The maximum atomic E-state index is 13.1. The molecular formula is C27H26N2O6S2. The summed E-state index contributed by atoms with van der Waals surface area (Å²) in [6.07, 6.45) is 0.772. The second-order valence-corrected chi connectivity index (χ2v) is 11.4. The maximum Gasteiger partial charge on any atom is 0.338 e. The number of hydrogen-bond acceptors (Lipinski definition) is 7. The number of hydrogen-bond donors (Lipinski definition) is 1. The van der Waals surface area contributed by atoms with Gasteiger partial charge in [0.05, 0.1) is 10.5 Å². The average molecular weight is 539 g/mol. The average Bonchev–Trinajstić information content (AvgIpc) is 2.92. The van der Waals surface area contributed by atoms with Gasteiger partial charge in [-0.15, -0.1) is 11.8 Å². The number of rotatable bonds is 9. The van der Waals surface area contributed by atoms with Crippen LogP contribution in [0.2, 0.25) is 0 Å². The lowest BCUT2D eigenvalue weighted by molar-refractivity contribution is -0.132. The molecule has 0 atom stereocenters. The van der Waals surface area contributed by atoms with Crippen molar-refractivity contribution in [1.82, 2.24) is 9.62 Å². The van der Waals surface area contributed by atoms with Crippen LogP contribution in [0.15, 0.2) is 88.7 Å². The molecule has 0 saturated carbocycles. The molecule has 0 radical (unpaired) electrons. The van der Waals surface area contributed by atoms with E-state index in [1.165, 1.54) is 40.3 Å². The van der Waals surface area contributed by atoms with E-state index in [1.54, 1.807) is 0 Å². The van der Waals surface area contributed by atoms with Gasteiger partial charge in [-0.25, -0.2) is 13.2 Å². The first kappa shape index (κ1) is 26.6. The van der Waals surface area contributed by atoms with Gasteiger partial charge in [0.15, 0.2) is 6.61 Å². The molecule has 0 aromatic heterocycles. The summed E-state index contributed by atoms with van der Waals surface area (Å²) in [7, 11) is -3.73. The highest BCUT2D eigenvalue weighted by molar-refractivity contribution is 7.99. The molecule has 37 heavy (non-hydrogen) atoms. The molecule has 0 unspecified atom stereocenters. The van der Waals surface area contributed by atoms with Crippen LogP contribution >= 0.6 is 11.8 Å². The second-order valence-electron chi connectivity index (χ2n) is 8.34. The summed E-state index contributed by atoms with van der Waals surface area (Å²) in [6, 6.07) is 22.7. The monoisotopic (exact) mass is 538 g/mol. The third kappa shape index (κ3) is 7.06. The molecule has 4 rings (SSSR count). The molecule has 1 aliphatic heterocycles. The fourth-order valence-electron chi connectivity index (χ4n) is 3.83. The molecule has 1 aliphatic rings. The van der Waals surface area contributed by atoms with Gasteiger partial charge in [0.2, 0.25) is 15.9 Å². The third-order valence-electron chi connectivity index (χ3n) is 5.78. The number of esters is 1. The van der Waals surface area contributed by atoms with Crippen LogP contribution in [0.4, 0.5) is 0 Å². The number of ether oxygens (including phenoxy) is 1. The summed E-state index contributed by atoms with van der Waals surface area (Å²) in [5.41, 5.74) is 2.22. The summed E-state index contributed by atoms with van der Waals surface area (Å²) in [5, 5.41) is 2.19. The molecule has 0 spiro atoms. The molecule has 2 amide bonds. The number of fused-ring (bicyclic) bond motifs is 1. The lowest BCUT2D eigenvalue weighted by Gasteiger charge is -2.28. The van der Waals surface area contributed by atoms with Crippen molar-refractivity contribution in [1.29, 1.82) is 0 Å². The molecule has 192 valence electrons. The van der Waals surface area contributed by atoms with Crippen molar-refractivity contribution in [2.45, 2.75) is 29.2 Å². The van der Waals surface area contributed by atoms with E-state index in [0.717, 1.165) is 16.0 Å².